The molecule has 1 amide bonds. The lowest BCUT2D eigenvalue weighted by Crippen LogP contribution is -2.22. The minimum Gasteiger partial charge on any atom is -0.356 e. The molecule has 0 heterocycles. The lowest BCUT2D eigenvalue weighted by Gasteiger charge is -1.98. The molecule has 2 nitrogen and oxygen atoms in total. The number of nitrogens with one attached hydrogen (secondary N) is 1. The number of rotatable bonds is 6. The second-order valence-corrected chi connectivity index (χ2v) is 2.83. The van der Waals surface area contributed by atoms with Crippen molar-refractivity contribution in [1.29, 1.82) is 0 Å². The summed E-state index contributed by atoms with van der Waals surface area (Å²) in [4.78, 5) is 11.1. The first-order valence-corrected chi connectivity index (χ1v) is 4.84. The zero-order valence-corrected chi connectivity index (χ0v) is 8.55. The van der Waals surface area contributed by atoms with Crippen molar-refractivity contribution in [3.8, 4) is 0 Å². The minimum atomic E-state index is 0.110. The van der Waals surface area contributed by atoms with Crippen LogP contribution in [-0.4, -0.2) is 12.5 Å². The fraction of sp³-hybridized carbons (Fsp3) is 0.545. The molecule has 0 bridgehead atoms. The van der Waals surface area contributed by atoms with Crippen LogP contribution in [0.2, 0.25) is 0 Å². The fourth-order valence-electron chi connectivity index (χ4n) is 0.838. The molecule has 2 heteroatoms. The molecule has 0 aliphatic rings. The Bertz CT molecular complexity index is 183. The highest BCUT2D eigenvalue weighted by atomic mass is 16.1. The average Bonchev–Trinajstić information content (AvgIpc) is 2.14. The summed E-state index contributed by atoms with van der Waals surface area (Å²) in [6.45, 7) is 4.81. The second kappa shape index (κ2) is 9.04. The molecule has 0 aromatic heterocycles. The molecule has 0 fully saturated rings. The molecular weight excluding hydrogens is 162 g/mol. The predicted octanol–water partition coefficient (Wildman–Crippen LogP) is 2.43. The largest absolute Gasteiger partial charge is 0.356 e. The van der Waals surface area contributed by atoms with Crippen LogP contribution in [0, 0.1) is 0 Å². The Morgan fingerprint density at radius 1 is 1.31 bits per heavy atom. The van der Waals surface area contributed by atoms with Gasteiger partial charge < -0.3 is 5.32 Å². The Morgan fingerprint density at radius 3 is 2.69 bits per heavy atom. The van der Waals surface area contributed by atoms with Crippen molar-refractivity contribution < 1.29 is 4.79 Å². The summed E-state index contributed by atoms with van der Waals surface area (Å²) in [6.07, 6.45) is 10.4. The van der Waals surface area contributed by atoms with Crippen LogP contribution in [0.1, 0.15) is 33.1 Å². The molecule has 0 spiro atoms. The third-order valence-electron chi connectivity index (χ3n) is 1.55. The van der Waals surface area contributed by atoms with E-state index in [0.717, 1.165) is 19.4 Å². The van der Waals surface area contributed by atoms with Crippen molar-refractivity contribution in [3.63, 3.8) is 0 Å². The van der Waals surface area contributed by atoms with E-state index in [1.165, 1.54) is 0 Å². The third kappa shape index (κ3) is 8.86. The van der Waals surface area contributed by atoms with Crippen LogP contribution < -0.4 is 5.32 Å². The van der Waals surface area contributed by atoms with Gasteiger partial charge in [-0.05, 0) is 19.8 Å². The summed E-state index contributed by atoms with van der Waals surface area (Å²) in [5.41, 5.74) is 0. The normalized spacial score (nSPS) is 11.2. The molecule has 13 heavy (non-hydrogen) atoms. The fourth-order valence-corrected chi connectivity index (χ4v) is 0.838. The maximum atomic E-state index is 11.1. The first kappa shape index (κ1) is 11.9. The molecule has 0 saturated heterocycles. The van der Waals surface area contributed by atoms with E-state index in [2.05, 4.69) is 11.4 Å². The molecule has 0 rings (SSSR count). The van der Waals surface area contributed by atoms with Gasteiger partial charge in [0.25, 0.3) is 0 Å². The molecule has 0 radical (unpaired) electrons. The summed E-state index contributed by atoms with van der Waals surface area (Å²) in [5.74, 6) is 0.110. The van der Waals surface area contributed by atoms with Gasteiger partial charge >= 0.3 is 0 Å². The van der Waals surface area contributed by atoms with Crippen molar-refractivity contribution in [2.24, 2.45) is 0 Å². The van der Waals surface area contributed by atoms with E-state index in [1.807, 2.05) is 32.1 Å². The summed E-state index contributed by atoms with van der Waals surface area (Å²) in [5, 5.41) is 2.82. The van der Waals surface area contributed by atoms with Crippen LogP contribution in [0.15, 0.2) is 24.3 Å². The number of allylic oxidation sites excluding steroid dienone is 3. The highest BCUT2D eigenvalue weighted by Gasteiger charge is 1.93. The molecule has 0 aliphatic heterocycles. The summed E-state index contributed by atoms with van der Waals surface area (Å²) in [7, 11) is 0. The summed E-state index contributed by atoms with van der Waals surface area (Å²) < 4.78 is 0. The van der Waals surface area contributed by atoms with E-state index < -0.39 is 0 Å². The van der Waals surface area contributed by atoms with Crippen LogP contribution in [0.3, 0.4) is 0 Å². The van der Waals surface area contributed by atoms with Crippen molar-refractivity contribution in [2.45, 2.75) is 33.1 Å². The third-order valence-corrected chi connectivity index (χ3v) is 1.55. The highest BCUT2D eigenvalue weighted by molar-refractivity contribution is 5.77. The van der Waals surface area contributed by atoms with E-state index in [9.17, 15) is 4.79 Å². The van der Waals surface area contributed by atoms with E-state index >= 15 is 0 Å². The molecule has 0 unspecified atom stereocenters. The van der Waals surface area contributed by atoms with Gasteiger partial charge in [0.05, 0.1) is 0 Å². The monoisotopic (exact) mass is 181 g/mol. The average molecular weight is 181 g/mol. The highest BCUT2D eigenvalue weighted by Crippen LogP contribution is 1.89. The number of carbonyl (C=O) groups excluding carboxylic acids is 1. The second-order valence-electron chi connectivity index (χ2n) is 2.83. The van der Waals surface area contributed by atoms with Crippen LogP contribution >= 0.6 is 0 Å². The van der Waals surface area contributed by atoms with Gasteiger partial charge in [-0.2, -0.15) is 0 Å². The van der Waals surface area contributed by atoms with Gasteiger partial charge in [-0.3, -0.25) is 4.79 Å². The van der Waals surface area contributed by atoms with Crippen LogP contribution in [0.5, 0.6) is 0 Å². The van der Waals surface area contributed by atoms with Crippen molar-refractivity contribution >= 4 is 5.91 Å². The zero-order chi connectivity index (χ0) is 9.94. The maximum absolute atomic E-state index is 11.1. The Morgan fingerprint density at radius 2 is 2.08 bits per heavy atom. The van der Waals surface area contributed by atoms with E-state index in [-0.39, 0.29) is 5.91 Å². The summed E-state index contributed by atoms with van der Waals surface area (Å²) in [6, 6.07) is 0. The standard InChI is InChI=1S/C11H19NO/c1-3-5-6-7-8-9-11(13)12-10-4-2/h3,5,7-8H,4,6,9-10H2,1-2H3,(H,12,13)/b5-3+,8-7+. The van der Waals surface area contributed by atoms with E-state index in [1.54, 1.807) is 0 Å². The number of amides is 1. The molecule has 1 N–H and O–H groups in total. The maximum Gasteiger partial charge on any atom is 0.223 e. The molecular formula is C11H19NO. The van der Waals surface area contributed by atoms with Gasteiger partial charge in [0.1, 0.15) is 0 Å². The number of hydrogen-bond acceptors (Lipinski definition) is 1. The Balaban J connectivity index is 3.40. The van der Waals surface area contributed by atoms with Crippen molar-refractivity contribution in [3.05, 3.63) is 24.3 Å². The van der Waals surface area contributed by atoms with Crippen LogP contribution in [-0.2, 0) is 4.79 Å². The van der Waals surface area contributed by atoms with Gasteiger partial charge in [-0.15, -0.1) is 0 Å². The van der Waals surface area contributed by atoms with Gasteiger partial charge in [0.15, 0.2) is 0 Å². The van der Waals surface area contributed by atoms with Gasteiger partial charge in [0, 0.05) is 13.0 Å². The Kier molecular flexibility index (Phi) is 8.31. The first-order valence-electron chi connectivity index (χ1n) is 4.84. The molecule has 0 aromatic rings. The molecule has 0 atom stereocenters. The summed E-state index contributed by atoms with van der Waals surface area (Å²) >= 11 is 0. The van der Waals surface area contributed by atoms with Gasteiger partial charge in [-0.25, -0.2) is 0 Å². The zero-order valence-electron chi connectivity index (χ0n) is 8.55. The molecule has 0 saturated carbocycles. The van der Waals surface area contributed by atoms with E-state index in [4.69, 9.17) is 0 Å². The topological polar surface area (TPSA) is 29.1 Å². The van der Waals surface area contributed by atoms with E-state index in [0.29, 0.717) is 6.42 Å². The Labute approximate surface area is 80.7 Å². The van der Waals surface area contributed by atoms with Crippen molar-refractivity contribution in [2.75, 3.05) is 6.54 Å². The molecule has 0 aliphatic carbocycles. The predicted molar refractivity (Wildman–Crippen MR) is 56.5 cm³/mol. The van der Waals surface area contributed by atoms with Gasteiger partial charge in [0.2, 0.25) is 5.91 Å². The van der Waals surface area contributed by atoms with Crippen LogP contribution in [0.25, 0.3) is 0 Å². The van der Waals surface area contributed by atoms with Gasteiger partial charge in [-0.1, -0.05) is 31.2 Å². The minimum absolute atomic E-state index is 0.110. The molecule has 0 aromatic carbocycles. The first-order chi connectivity index (χ1) is 6.31. The lowest BCUT2D eigenvalue weighted by atomic mass is 10.3. The smallest absolute Gasteiger partial charge is 0.223 e. The Hall–Kier alpha value is -1.05. The lowest BCUT2D eigenvalue weighted by molar-refractivity contribution is -0.120. The van der Waals surface area contributed by atoms with Crippen LogP contribution in [0.4, 0.5) is 0 Å². The number of carbonyl (C=O) groups is 1. The quantitative estimate of drug-likeness (QED) is 0.626. The van der Waals surface area contributed by atoms with Crippen molar-refractivity contribution in [1.82, 2.24) is 5.32 Å². The number of hydrogen-bond donors (Lipinski definition) is 1. The molecule has 74 valence electrons. The SMILES string of the molecule is C/C=C/C/C=C/CC(=O)NCCC.